The van der Waals surface area contributed by atoms with Gasteiger partial charge in [0.2, 0.25) is 11.9 Å². The molecule has 1 amide bonds. The van der Waals surface area contributed by atoms with Gasteiger partial charge >= 0.3 is 0 Å². The van der Waals surface area contributed by atoms with Gasteiger partial charge in [0.25, 0.3) is 10.0 Å². The van der Waals surface area contributed by atoms with E-state index in [4.69, 9.17) is 0 Å². The van der Waals surface area contributed by atoms with Crippen LogP contribution in [0.4, 0.5) is 23.1 Å². The molecule has 1 aromatic heterocycles. The fraction of sp³-hybridized carbons (Fsp3) is 0.389. The molecular formula is C18H24N6O3S. The van der Waals surface area contributed by atoms with Crippen LogP contribution in [0.3, 0.4) is 0 Å². The Morgan fingerprint density at radius 3 is 2.36 bits per heavy atom. The average Bonchev–Trinajstić information content (AvgIpc) is 3.16. The molecule has 0 aliphatic carbocycles. The van der Waals surface area contributed by atoms with Gasteiger partial charge in [-0.25, -0.2) is 13.4 Å². The maximum Gasteiger partial charge on any atom is 0.262 e. The highest BCUT2D eigenvalue weighted by Crippen LogP contribution is 2.27. The van der Waals surface area contributed by atoms with E-state index in [1.54, 1.807) is 19.0 Å². The van der Waals surface area contributed by atoms with Crippen LogP contribution < -0.4 is 19.8 Å². The second kappa shape index (κ2) is 8.01. The number of nitrogens with one attached hydrogen (secondary N) is 2. The Morgan fingerprint density at radius 2 is 1.79 bits per heavy atom. The zero-order valence-electron chi connectivity index (χ0n) is 16.1. The Bertz CT molecular complexity index is 954. The number of nitrogens with zero attached hydrogens (tertiary/aromatic N) is 4. The molecule has 0 spiro atoms. The molecule has 1 aliphatic rings. The second-order valence-electron chi connectivity index (χ2n) is 6.81. The van der Waals surface area contributed by atoms with Crippen LogP contribution in [0.5, 0.6) is 0 Å². The third kappa shape index (κ3) is 4.50. The topological polar surface area (TPSA) is 108 Å². The molecule has 0 bridgehead atoms. The highest BCUT2D eigenvalue weighted by atomic mass is 32.2. The molecule has 3 rings (SSSR count). The number of sulfonamides is 1. The fourth-order valence-corrected chi connectivity index (χ4v) is 4.02. The molecule has 0 radical (unpaired) electrons. The molecule has 0 unspecified atom stereocenters. The summed E-state index contributed by atoms with van der Waals surface area (Å²) in [6.45, 7) is 3.19. The standard InChI is InChI=1S/C18H24N6O3S/c1-13(25)20-14-6-8-15(9-7-14)28(26,27)22-16-12-19-18(21-17(16)23(2)3)24-10-4-5-11-24/h6-9,12,22H,4-5,10-11H2,1-3H3,(H,20,25). The summed E-state index contributed by atoms with van der Waals surface area (Å²) in [7, 11) is -0.226. The van der Waals surface area contributed by atoms with E-state index in [9.17, 15) is 13.2 Å². The molecule has 0 atom stereocenters. The van der Waals surface area contributed by atoms with E-state index in [1.165, 1.54) is 37.4 Å². The Morgan fingerprint density at radius 1 is 1.14 bits per heavy atom. The van der Waals surface area contributed by atoms with Crippen molar-refractivity contribution in [2.75, 3.05) is 47.0 Å². The first-order valence-corrected chi connectivity index (χ1v) is 10.4. The highest BCUT2D eigenvalue weighted by Gasteiger charge is 2.21. The monoisotopic (exact) mass is 404 g/mol. The summed E-state index contributed by atoms with van der Waals surface area (Å²) in [6.07, 6.45) is 3.70. The van der Waals surface area contributed by atoms with Gasteiger partial charge in [-0.05, 0) is 37.1 Å². The van der Waals surface area contributed by atoms with E-state index >= 15 is 0 Å². The third-order valence-electron chi connectivity index (χ3n) is 4.30. The SMILES string of the molecule is CC(=O)Nc1ccc(S(=O)(=O)Nc2cnc(N3CCCC3)nc2N(C)C)cc1. The minimum atomic E-state index is -3.83. The van der Waals surface area contributed by atoms with Crippen molar-refractivity contribution in [1.82, 2.24) is 9.97 Å². The fourth-order valence-electron chi connectivity index (χ4n) is 2.97. The van der Waals surface area contributed by atoms with Crippen LogP contribution in [0.2, 0.25) is 0 Å². The van der Waals surface area contributed by atoms with Gasteiger partial charge < -0.3 is 15.1 Å². The number of rotatable bonds is 6. The molecule has 0 saturated carbocycles. The molecule has 1 aliphatic heterocycles. The van der Waals surface area contributed by atoms with E-state index in [0.717, 1.165) is 25.9 Å². The van der Waals surface area contributed by atoms with Gasteiger partial charge in [-0.2, -0.15) is 4.98 Å². The lowest BCUT2D eigenvalue weighted by atomic mass is 10.3. The highest BCUT2D eigenvalue weighted by molar-refractivity contribution is 7.92. The van der Waals surface area contributed by atoms with Gasteiger partial charge in [-0.1, -0.05) is 0 Å². The summed E-state index contributed by atoms with van der Waals surface area (Å²) < 4.78 is 28.1. The molecule has 9 nitrogen and oxygen atoms in total. The Balaban J connectivity index is 1.85. The van der Waals surface area contributed by atoms with Gasteiger partial charge in [0.05, 0.1) is 11.1 Å². The smallest absolute Gasteiger partial charge is 0.262 e. The molecule has 1 fully saturated rings. The molecule has 10 heteroatoms. The van der Waals surface area contributed by atoms with Crippen molar-refractivity contribution >= 4 is 39.1 Å². The number of anilines is 4. The lowest BCUT2D eigenvalue weighted by molar-refractivity contribution is -0.114. The average molecular weight is 404 g/mol. The third-order valence-corrected chi connectivity index (χ3v) is 5.68. The first kappa shape index (κ1) is 19.9. The molecule has 2 aromatic rings. The Labute approximate surface area is 164 Å². The number of carbonyl (C=O) groups excluding carboxylic acids is 1. The van der Waals surface area contributed by atoms with Crippen molar-refractivity contribution < 1.29 is 13.2 Å². The van der Waals surface area contributed by atoms with Crippen LogP contribution in [-0.4, -0.2) is 51.5 Å². The van der Waals surface area contributed by atoms with Gasteiger partial charge in [-0.3, -0.25) is 9.52 Å². The van der Waals surface area contributed by atoms with E-state index in [1.807, 2.05) is 0 Å². The van der Waals surface area contributed by atoms with Crippen molar-refractivity contribution in [2.24, 2.45) is 0 Å². The summed E-state index contributed by atoms with van der Waals surface area (Å²) in [5.74, 6) is 0.874. The lowest BCUT2D eigenvalue weighted by Gasteiger charge is -2.21. The number of hydrogen-bond acceptors (Lipinski definition) is 7. The molecule has 1 aromatic carbocycles. The molecule has 1 saturated heterocycles. The first-order chi connectivity index (χ1) is 13.3. The van der Waals surface area contributed by atoms with Crippen molar-refractivity contribution in [3.8, 4) is 0 Å². The van der Waals surface area contributed by atoms with E-state index in [-0.39, 0.29) is 10.8 Å². The van der Waals surface area contributed by atoms with Gasteiger partial charge in [0.1, 0.15) is 5.69 Å². The van der Waals surface area contributed by atoms with Gasteiger partial charge in [0.15, 0.2) is 5.82 Å². The van der Waals surface area contributed by atoms with Crippen molar-refractivity contribution in [3.05, 3.63) is 30.5 Å². The summed E-state index contributed by atoms with van der Waals surface area (Å²) in [5.41, 5.74) is 0.831. The zero-order chi connectivity index (χ0) is 20.3. The Kier molecular flexibility index (Phi) is 5.68. The van der Waals surface area contributed by atoms with Crippen LogP contribution in [0.1, 0.15) is 19.8 Å². The van der Waals surface area contributed by atoms with Crippen molar-refractivity contribution in [1.29, 1.82) is 0 Å². The maximum absolute atomic E-state index is 12.8. The Hall–Kier alpha value is -2.88. The van der Waals surface area contributed by atoms with E-state index in [0.29, 0.717) is 23.1 Å². The number of hydrogen-bond donors (Lipinski definition) is 2. The molecule has 2 heterocycles. The summed E-state index contributed by atoms with van der Waals surface area (Å²) >= 11 is 0. The first-order valence-electron chi connectivity index (χ1n) is 8.96. The lowest BCUT2D eigenvalue weighted by Crippen LogP contribution is -2.24. The second-order valence-corrected chi connectivity index (χ2v) is 8.49. The number of carbonyl (C=O) groups is 1. The largest absolute Gasteiger partial charge is 0.361 e. The van der Waals surface area contributed by atoms with Crippen molar-refractivity contribution in [2.45, 2.75) is 24.7 Å². The van der Waals surface area contributed by atoms with Crippen LogP contribution in [0.25, 0.3) is 0 Å². The molecule has 2 N–H and O–H groups in total. The maximum atomic E-state index is 12.8. The normalized spacial score (nSPS) is 14.0. The number of aromatic nitrogens is 2. The van der Waals surface area contributed by atoms with Crippen LogP contribution in [0.15, 0.2) is 35.4 Å². The van der Waals surface area contributed by atoms with Crippen LogP contribution in [0, 0.1) is 0 Å². The molecular weight excluding hydrogens is 380 g/mol. The van der Waals surface area contributed by atoms with Gasteiger partial charge in [0, 0.05) is 39.8 Å². The minimum Gasteiger partial charge on any atom is -0.361 e. The molecule has 28 heavy (non-hydrogen) atoms. The van der Waals surface area contributed by atoms with E-state index in [2.05, 4.69) is 24.9 Å². The number of benzene rings is 1. The van der Waals surface area contributed by atoms with Crippen LogP contribution >= 0.6 is 0 Å². The molecule has 150 valence electrons. The quantitative estimate of drug-likeness (QED) is 0.757. The number of amides is 1. The van der Waals surface area contributed by atoms with Crippen LogP contribution in [-0.2, 0) is 14.8 Å². The zero-order valence-corrected chi connectivity index (χ0v) is 17.0. The van der Waals surface area contributed by atoms with Gasteiger partial charge in [-0.15, -0.1) is 0 Å². The summed E-state index contributed by atoms with van der Waals surface area (Å²) in [4.78, 5) is 23.9. The van der Waals surface area contributed by atoms with E-state index < -0.39 is 10.0 Å². The summed E-state index contributed by atoms with van der Waals surface area (Å²) in [6, 6.07) is 5.94. The predicted octanol–water partition coefficient (Wildman–Crippen LogP) is 1.90. The predicted molar refractivity (Wildman–Crippen MR) is 109 cm³/mol. The summed E-state index contributed by atoms with van der Waals surface area (Å²) in [5, 5.41) is 2.60. The van der Waals surface area contributed by atoms with Crippen molar-refractivity contribution in [3.63, 3.8) is 0 Å². The minimum absolute atomic E-state index is 0.0786.